The molecule has 108 valence electrons. The first-order valence-corrected chi connectivity index (χ1v) is 6.67. The largest absolute Gasteiger partial charge is 0.342 e. The summed E-state index contributed by atoms with van der Waals surface area (Å²) in [5.74, 6) is -0.307. The Labute approximate surface area is 124 Å². The topological polar surface area (TPSA) is 61.0 Å². The summed E-state index contributed by atoms with van der Waals surface area (Å²) in [6.45, 7) is 0. The third-order valence-corrected chi connectivity index (χ3v) is 3.91. The van der Waals surface area contributed by atoms with Crippen LogP contribution in [0.5, 0.6) is 0 Å². The van der Waals surface area contributed by atoms with Crippen LogP contribution < -0.4 is 0 Å². The molecule has 2 heterocycles. The summed E-state index contributed by atoms with van der Waals surface area (Å²) < 4.78 is 15.3. The van der Waals surface area contributed by atoms with E-state index in [4.69, 9.17) is 0 Å². The molecule has 2 aliphatic rings. The molecule has 22 heavy (non-hydrogen) atoms. The molecule has 4 rings (SSSR count). The zero-order valence-electron chi connectivity index (χ0n) is 11.6. The fourth-order valence-corrected chi connectivity index (χ4v) is 2.91. The lowest BCUT2D eigenvalue weighted by Crippen LogP contribution is -1.99. The first-order chi connectivity index (χ1) is 10.5. The van der Waals surface area contributed by atoms with Crippen molar-refractivity contribution in [1.82, 2.24) is 9.55 Å². The zero-order chi connectivity index (χ0) is 15.4. The Morgan fingerprint density at radius 2 is 2.00 bits per heavy atom. The summed E-state index contributed by atoms with van der Waals surface area (Å²) >= 11 is 0. The average Bonchev–Trinajstić information content (AvgIpc) is 2.84. The van der Waals surface area contributed by atoms with Gasteiger partial charge in [-0.05, 0) is 30.3 Å². The summed E-state index contributed by atoms with van der Waals surface area (Å²) in [4.78, 5) is 15.0. The number of aryl methyl sites for hydroxylation is 1. The van der Waals surface area contributed by atoms with Crippen LogP contribution in [-0.2, 0) is 7.05 Å². The number of non-ortho nitro benzene ring substituents is 1. The Morgan fingerprint density at radius 1 is 1.18 bits per heavy atom. The minimum Gasteiger partial charge on any atom is -0.342 e. The summed E-state index contributed by atoms with van der Waals surface area (Å²) in [6, 6.07) is 11.0. The first kappa shape index (κ1) is 12.7. The maximum Gasteiger partial charge on any atom is 0.270 e. The van der Waals surface area contributed by atoms with Crippen LogP contribution in [0.1, 0.15) is 0 Å². The Kier molecular flexibility index (Phi) is 2.45. The van der Waals surface area contributed by atoms with Crippen LogP contribution in [0.4, 0.5) is 10.1 Å². The molecule has 0 radical (unpaired) electrons. The SMILES string of the molecule is Cn1c2c3cc([N+](=O)[O-])ccc3nc-2cc2cc(F)ccc21. The highest BCUT2D eigenvalue weighted by Crippen LogP contribution is 2.35. The monoisotopic (exact) mass is 295 g/mol. The predicted molar refractivity (Wildman–Crippen MR) is 81.5 cm³/mol. The van der Waals surface area contributed by atoms with Crippen molar-refractivity contribution in [1.29, 1.82) is 0 Å². The predicted octanol–water partition coefficient (Wildman–Crippen LogP) is 3.88. The van der Waals surface area contributed by atoms with Crippen molar-refractivity contribution in [2.45, 2.75) is 0 Å². The molecule has 0 bridgehead atoms. The lowest BCUT2D eigenvalue weighted by molar-refractivity contribution is -0.384. The maximum absolute atomic E-state index is 13.4. The number of hydrogen-bond donors (Lipinski definition) is 0. The van der Waals surface area contributed by atoms with E-state index in [0.717, 1.165) is 22.0 Å². The molecule has 0 amide bonds. The van der Waals surface area contributed by atoms with Gasteiger partial charge < -0.3 is 4.57 Å². The van der Waals surface area contributed by atoms with Crippen LogP contribution in [0, 0.1) is 15.9 Å². The van der Waals surface area contributed by atoms with Crippen LogP contribution in [0.2, 0.25) is 0 Å². The molecular weight excluding hydrogens is 285 g/mol. The van der Waals surface area contributed by atoms with Gasteiger partial charge in [0.2, 0.25) is 0 Å². The molecule has 0 atom stereocenters. The molecule has 0 saturated heterocycles. The van der Waals surface area contributed by atoms with Gasteiger partial charge in [-0.1, -0.05) is 0 Å². The minimum absolute atomic E-state index is 0.0287. The van der Waals surface area contributed by atoms with Gasteiger partial charge in [-0.2, -0.15) is 0 Å². The molecule has 0 unspecified atom stereocenters. The Morgan fingerprint density at radius 3 is 2.77 bits per heavy atom. The second kappa shape index (κ2) is 4.24. The third kappa shape index (κ3) is 1.67. The van der Waals surface area contributed by atoms with E-state index in [0.29, 0.717) is 11.2 Å². The quantitative estimate of drug-likeness (QED) is 0.395. The van der Waals surface area contributed by atoms with Gasteiger partial charge in [-0.25, -0.2) is 9.37 Å². The Bertz CT molecular complexity index is 1040. The van der Waals surface area contributed by atoms with Crippen molar-refractivity contribution < 1.29 is 9.31 Å². The minimum atomic E-state index is -0.422. The number of hydrogen-bond acceptors (Lipinski definition) is 3. The van der Waals surface area contributed by atoms with Crippen LogP contribution >= 0.6 is 0 Å². The molecule has 2 aliphatic heterocycles. The van der Waals surface area contributed by atoms with E-state index >= 15 is 0 Å². The number of benzene rings is 2. The first-order valence-electron chi connectivity index (χ1n) is 6.67. The number of pyridine rings is 1. The average molecular weight is 295 g/mol. The van der Waals surface area contributed by atoms with E-state index < -0.39 is 4.92 Å². The van der Waals surface area contributed by atoms with E-state index in [1.807, 2.05) is 11.6 Å². The molecule has 0 saturated carbocycles. The Hall–Kier alpha value is -3.02. The van der Waals surface area contributed by atoms with E-state index in [1.165, 1.54) is 24.3 Å². The second-order valence-electron chi connectivity index (χ2n) is 5.21. The second-order valence-corrected chi connectivity index (χ2v) is 5.21. The molecule has 0 aromatic heterocycles. The number of fused-ring (bicyclic) bond motifs is 4. The van der Waals surface area contributed by atoms with Gasteiger partial charge in [0, 0.05) is 35.5 Å². The standard InChI is InChI=1S/C16H10FN3O2/c1-19-15-5-2-10(17)6-9(15)7-14-16(19)12-8-11(20(21)22)3-4-13(12)18-14/h2-8H,1H3. The summed E-state index contributed by atoms with van der Waals surface area (Å²) in [7, 11) is 1.85. The number of aromatic nitrogens is 2. The number of halogens is 1. The molecule has 2 aromatic carbocycles. The van der Waals surface area contributed by atoms with Gasteiger partial charge in [0.05, 0.1) is 21.8 Å². The van der Waals surface area contributed by atoms with E-state index in [2.05, 4.69) is 4.98 Å². The van der Waals surface area contributed by atoms with Crippen LogP contribution in [0.3, 0.4) is 0 Å². The highest BCUT2D eigenvalue weighted by molar-refractivity contribution is 6.00. The zero-order valence-corrected chi connectivity index (χ0v) is 11.6. The fraction of sp³-hybridized carbons (Fsp3) is 0.0625. The number of nitro groups is 1. The van der Waals surface area contributed by atoms with E-state index in [9.17, 15) is 14.5 Å². The van der Waals surface area contributed by atoms with Gasteiger partial charge in [0.1, 0.15) is 5.82 Å². The normalized spacial score (nSPS) is 11.5. The number of rotatable bonds is 1. The lowest BCUT2D eigenvalue weighted by atomic mass is 10.1. The van der Waals surface area contributed by atoms with Gasteiger partial charge in [0.15, 0.2) is 0 Å². The van der Waals surface area contributed by atoms with Crippen molar-refractivity contribution in [3.05, 3.63) is 58.4 Å². The smallest absolute Gasteiger partial charge is 0.270 e. The highest BCUT2D eigenvalue weighted by Gasteiger charge is 2.19. The molecule has 0 N–H and O–H groups in total. The molecular formula is C16H10FN3O2. The van der Waals surface area contributed by atoms with Crippen molar-refractivity contribution in [2.75, 3.05) is 0 Å². The van der Waals surface area contributed by atoms with Crippen molar-refractivity contribution in [2.24, 2.45) is 7.05 Å². The number of nitrogens with zero attached hydrogens (tertiary/aromatic N) is 3. The van der Waals surface area contributed by atoms with Crippen LogP contribution in [0.15, 0.2) is 42.5 Å². The number of nitro benzene ring substituents is 1. The van der Waals surface area contributed by atoms with E-state index in [-0.39, 0.29) is 11.5 Å². The molecule has 5 nitrogen and oxygen atoms in total. The van der Waals surface area contributed by atoms with E-state index in [1.54, 1.807) is 18.2 Å². The van der Waals surface area contributed by atoms with Crippen molar-refractivity contribution in [3.63, 3.8) is 0 Å². The summed E-state index contributed by atoms with van der Waals surface area (Å²) in [5, 5.41) is 12.4. The molecule has 0 spiro atoms. The van der Waals surface area contributed by atoms with Gasteiger partial charge >= 0.3 is 0 Å². The van der Waals surface area contributed by atoms with Crippen LogP contribution in [-0.4, -0.2) is 14.5 Å². The maximum atomic E-state index is 13.4. The summed E-state index contributed by atoms with van der Waals surface area (Å²) in [5.41, 5.74) is 3.05. The molecule has 6 heteroatoms. The molecule has 0 aliphatic carbocycles. The van der Waals surface area contributed by atoms with Crippen LogP contribution in [0.25, 0.3) is 33.2 Å². The van der Waals surface area contributed by atoms with Gasteiger partial charge in [-0.3, -0.25) is 10.1 Å². The molecule has 2 aromatic rings. The summed E-state index contributed by atoms with van der Waals surface area (Å²) in [6.07, 6.45) is 0. The third-order valence-electron chi connectivity index (χ3n) is 3.91. The highest BCUT2D eigenvalue weighted by atomic mass is 19.1. The van der Waals surface area contributed by atoms with Crippen molar-refractivity contribution >= 4 is 27.5 Å². The lowest BCUT2D eigenvalue weighted by Gasteiger charge is -2.12. The fourth-order valence-electron chi connectivity index (χ4n) is 2.91. The van der Waals surface area contributed by atoms with Gasteiger partial charge in [0.25, 0.3) is 5.69 Å². The van der Waals surface area contributed by atoms with Gasteiger partial charge in [-0.15, -0.1) is 0 Å². The Balaban J connectivity index is 2.17. The molecule has 0 fully saturated rings. The van der Waals surface area contributed by atoms with Crippen molar-refractivity contribution in [3.8, 4) is 11.4 Å².